The normalized spacial score (nSPS) is 11.6. The summed E-state index contributed by atoms with van der Waals surface area (Å²) in [4.78, 5) is 36.1. The Morgan fingerprint density at radius 3 is 1.92 bits per heavy atom. The average molecular weight is 339 g/mol. The molecule has 0 heterocycles. The van der Waals surface area contributed by atoms with Crippen molar-refractivity contribution in [1.29, 1.82) is 0 Å². The summed E-state index contributed by atoms with van der Waals surface area (Å²) >= 11 is 0. The molecule has 25 heavy (non-hydrogen) atoms. The molecule has 0 aliphatic heterocycles. The Balaban J connectivity index is 2.14. The van der Waals surface area contributed by atoms with Gasteiger partial charge >= 0.3 is 6.09 Å². The molecule has 5 heteroatoms. The van der Waals surface area contributed by atoms with Gasteiger partial charge in [-0.3, -0.25) is 9.59 Å². The first-order chi connectivity index (χ1) is 12.0. The number of Topliss-reactive ketones (excluding diaryl/α,β-unsaturated/α-hetero) is 2. The van der Waals surface area contributed by atoms with Crippen LogP contribution in [-0.4, -0.2) is 17.7 Å². The van der Waals surface area contributed by atoms with Crippen LogP contribution >= 0.6 is 0 Å². The van der Waals surface area contributed by atoms with E-state index < -0.39 is 18.1 Å². The Labute approximate surface area is 147 Å². The van der Waals surface area contributed by atoms with Crippen LogP contribution in [0.5, 0.6) is 0 Å². The number of hydrogen-bond donors (Lipinski definition) is 1. The number of rotatable bonds is 7. The average Bonchev–Trinajstić information content (AvgIpc) is 2.60. The zero-order valence-electron chi connectivity index (χ0n) is 14.3. The van der Waals surface area contributed by atoms with E-state index in [-0.39, 0.29) is 18.2 Å². The Hall–Kier alpha value is -2.95. The number of hydrogen-bond acceptors (Lipinski definition) is 4. The molecule has 5 nitrogen and oxygen atoms in total. The van der Waals surface area contributed by atoms with Crippen molar-refractivity contribution >= 4 is 17.7 Å². The minimum atomic E-state index is -0.952. The number of nitrogens with one attached hydrogen (secondary N) is 1. The fourth-order valence-corrected chi connectivity index (χ4v) is 2.67. The summed E-state index contributed by atoms with van der Waals surface area (Å²) in [6.07, 6.45) is -0.676. The molecule has 0 unspecified atom stereocenters. The molecule has 0 radical (unpaired) electrons. The van der Waals surface area contributed by atoms with E-state index in [9.17, 15) is 14.4 Å². The highest BCUT2D eigenvalue weighted by Crippen LogP contribution is 2.24. The van der Waals surface area contributed by atoms with Gasteiger partial charge in [0.2, 0.25) is 0 Å². The van der Waals surface area contributed by atoms with Crippen LogP contribution in [0.4, 0.5) is 4.79 Å². The highest BCUT2D eigenvalue weighted by atomic mass is 16.5. The topological polar surface area (TPSA) is 72.5 Å². The van der Waals surface area contributed by atoms with Gasteiger partial charge in [-0.05, 0) is 25.0 Å². The third-order valence-electron chi connectivity index (χ3n) is 3.85. The van der Waals surface area contributed by atoms with Crippen LogP contribution in [0.1, 0.15) is 31.0 Å². The number of benzene rings is 2. The molecule has 0 saturated carbocycles. The lowest BCUT2D eigenvalue weighted by Crippen LogP contribution is -2.39. The van der Waals surface area contributed by atoms with Crippen LogP contribution in [0.15, 0.2) is 60.7 Å². The Morgan fingerprint density at radius 2 is 1.40 bits per heavy atom. The SMILES string of the molecule is CC(=O)C(C(C)=O)[C@@H](NC(=O)OCc1ccccc1)c1ccccc1. The zero-order valence-corrected chi connectivity index (χ0v) is 14.3. The lowest BCUT2D eigenvalue weighted by molar-refractivity contribution is -0.131. The van der Waals surface area contributed by atoms with E-state index in [0.717, 1.165) is 5.56 Å². The first-order valence-corrected chi connectivity index (χ1v) is 8.02. The summed E-state index contributed by atoms with van der Waals surface area (Å²) in [5.74, 6) is -1.55. The second-order valence-electron chi connectivity index (χ2n) is 5.79. The smallest absolute Gasteiger partial charge is 0.407 e. The van der Waals surface area contributed by atoms with Crippen molar-refractivity contribution in [1.82, 2.24) is 5.32 Å². The van der Waals surface area contributed by atoms with E-state index in [0.29, 0.717) is 5.56 Å². The third-order valence-corrected chi connectivity index (χ3v) is 3.85. The lowest BCUT2D eigenvalue weighted by atomic mass is 9.87. The molecule has 0 aromatic heterocycles. The van der Waals surface area contributed by atoms with E-state index >= 15 is 0 Å². The second-order valence-corrected chi connectivity index (χ2v) is 5.79. The van der Waals surface area contributed by atoms with Crippen molar-refractivity contribution in [2.45, 2.75) is 26.5 Å². The van der Waals surface area contributed by atoms with Crippen molar-refractivity contribution in [3.05, 3.63) is 71.8 Å². The molecule has 0 aliphatic rings. The Bertz CT molecular complexity index is 714. The van der Waals surface area contributed by atoms with Gasteiger partial charge in [0.25, 0.3) is 0 Å². The summed E-state index contributed by atoms with van der Waals surface area (Å²) in [7, 11) is 0. The predicted octanol–water partition coefficient (Wildman–Crippen LogP) is 3.45. The van der Waals surface area contributed by atoms with E-state index in [1.165, 1.54) is 13.8 Å². The molecule has 0 bridgehead atoms. The molecule has 2 rings (SSSR count). The van der Waals surface area contributed by atoms with Crippen molar-refractivity contribution in [3.8, 4) is 0 Å². The monoisotopic (exact) mass is 339 g/mol. The van der Waals surface area contributed by atoms with Gasteiger partial charge in [-0.25, -0.2) is 4.79 Å². The molecule has 2 aromatic carbocycles. The van der Waals surface area contributed by atoms with Gasteiger partial charge in [0, 0.05) is 0 Å². The van der Waals surface area contributed by atoms with E-state index in [2.05, 4.69) is 5.32 Å². The molecule has 1 amide bonds. The van der Waals surface area contributed by atoms with Crippen molar-refractivity contribution in [3.63, 3.8) is 0 Å². The first kappa shape index (κ1) is 18.4. The molecule has 0 aliphatic carbocycles. The summed E-state index contributed by atoms with van der Waals surface area (Å²) < 4.78 is 5.22. The second kappa shape index (κ2) is 8.78. The quantitative estimate of drug-likeness (QED) is 0.784. The third kappa shape index (κ3) is 5.28. The fraction of sp³-hybridized carbons (Fsp3) is 0.250. The van der Waals surface area contributed by atoms with Crippen LogP contribution in [0.25, 0.3) is 0 Å². The number of carbonyl (C=O) groups is 3. The number of ketones is 2. The molecule has 2 aromatic rings. The van der Waals surface area contributed by atoms with Crippen LogP contribution in [0, 0.1) is 5.92 Å². The number of ether oxygens (including phenoxy) is 1. The largest absolute Gasteiger partial charge is 0.445 e. The van der Waals surface area contributed by atoms with Crippen molar-refractivity contribution < 1.29 is 19.1 Å². The summed E-state index contributed by atoms with van der Waals surface area (Å²) in [6, 6.07) is 17.4. The molecular weight excluding hydrogens is 318 g/mol. The highest BCUT2D eigenvalue weighted by Gasteiger charge is 2.32. The molecule has 0 saturated heterocycles. The maximum absolute atomic E-state index is 12.2. The van der Waals surface area contributed by atoms with Gasteiger partial charge in [0.05, 0.1) is 6.04 Å². The number of alkyl carbamates (subject to hydrolysis) is 1. The van der Waals surface area contributed by atoms with Gasteiger partial charge < -0.3 is 10.1 Å². The van der Waals surface area contributed by atoms with Crippen LogP contribution < -0.4 is 5.32 Å². The molecule has 0 fully saturated rings. The lowest BCUT2D eigenvalue weighted by Gasteiger charge is -2.24. The minimum Gasteiger partial charge on any atom is -0.445 e. The predicted molar refractivity (Wildman–Crippen MR) is 93.8 cm³/mol. The Kier molecular flexibility index (Phi) is 6.46. The van der Waals surface area contributed by atoms with Crippen molar-refractivity contribution in [2.75, 3.05) is 0 Å². The van der Waals surface area contributed by atoms with Crippen LogP contribution in [0.3, 0.4) is 0 Å². The maximum atomic E-state index is 12.2. The Morgan fingerprint density at radius 1 is 0.880 bits per heavy atom. The summed E-state index contributed by atoms with van der Waals surface area (Å²) in [5.41, 5.74) is 1.53. The molecular formula is C20H21NO4. The van der Waals surface area contributed by atoms with Gasteiger partial charge in [-0.2, -0.15) is 0 Å². The number of amides is 1. The van der Waals surface area contributed by atoms with E-state index in [4.69, 9.17) is 4.74 Å². The molecule has 0 spiro atoms. The van der Waals surface area contributed by atoms with E-state index in [1.807, 2.05) is 36.4 Å². The molecule has 1 atom stereocenters. The summed E-state index contributed by atoms with van der Waals surface area (Å²) in [5, 5.41) is 2.66. The van der Waals surface area contributed by atoms with Gasteiger partial charge in [0.1, 0.15) is 24.1 Å². The van der Waals surface area contributed by atoms with Crippen LogP contribution in [-0.2, 0) is 20.9 Å². The van der Waals surface area contributed by atoms with E-state index in [1.54, 1.807) is 24.3 Å². The van der Waals surface area contributed by atoms with Gasteiger partial charge in [-0.1, -0.05) is 60.7 Å². The zero-order chi connectivity index (χ0) is 18.2. The molecule has 130 valence electrons. The molecule has 1 N–H and O–H groups in total. The summed E-state index contributed by atoms with van der Waals surface area (Å²) in [6.45, 7) is 2.80. The maximum Gasteiger partial charge on any atom is 0.407 e. The van der Waals surface area contributed by atoms with Crippen molar-refractivity contribution in [2.24, 2.45) is 5.92 Å². The van der Waals surface area contributed by atoms with Gasteiger partial charge in [-0.15, -0.1) is 0 Å². The highest BCUT2D eigenvalue weighted by molar-refractivity contribution is 6.01. The minimum absolute atomic E-state index is 0.110. The van der Waals surface area contributed by atoms with Gasteiger partial charge in [0.15, 0.2) is 0 Å². The number of carbonyl (C=O) groups excluding carboxylic acids is 3. The standard InChI is InChI=1S/C20H21NO4/c1-14(22)18(15(2)23)19(17-11-7-4-8-12-17)21-20(24)25-13-16-9-5-3-6-10-16/h3-12,18-19H,13H2,1-2H3,(H,21,24)/t19-/m0/s1. The fourth-order valence-electron chi connectivity index (χ4n) is 2.67. The van der Waals surface area contributed by atoms with Crippen LogP contribution in [0.2, 0.25) is 0 Å². The first-order valence-electron chi connectivity index (χ1n) is 8.02.